The number of carbonyl (C=O) groups excluding carboxylic acids is 1. The van der Waals surface area contributed by atoms with Gasteiger partial charge in [0.15, 0.2) is 0 Å². The number of amides is 1. The van der Waals surface area contributed by atoms with Crippen molar-refractivity contribution in [1.82, 2.24) is 19.9 Å². The van der Waals surface area contributed by atoms with Crippen LogP contribution in [-0.2, 0) is 11.3 Å². The molecule has 1 aromatic heterocycles. The molecule has 0 radical (unpaired) electrons. The third kappa shape index (κ3) is 5.75. The van der Waals surface area contributed by atoms with Crippen LogP contribution in [0.15, 0.2) is 16.6 Å². The lowest BCUT2D eigenvalue weighted by atomic mass is 9.97. The summed E-state index contributed by atoms with van der Waals surface area (Å²) in [6, 6.07) is 4.07. The van der Waals surface area contributed by atoms with E-state index in [1.807, 2.05) is 37.6 Å². The molecule has 1 aliphatic heterocycles. The van der Waals surface area contributed by atoms with Crippen molar-refractivity contribution < 1.29 is 9.53 Å². The molecule has 1 aliphatic rings. The van der Waals surface area contributed by atoms with Crippen LogP contribution in [-0.4, -0.2) is 44.7 Å². The summed E-state index contributed by atoms with van der Waals surface area (Å²) in [4.78, 5) is 14.0. The monoisotopic (exact) mass is 474 g/mol. The molecule has 0 atom stereocenters. The molecule has 1 amide bonds. The van der Waals surface area contributed by atoms with Gasteiger partial charge in [-0.3, -0.25) is 0 Å². The molecule has 0 aliphatic carbocycles. The van der Waals surface area contributed by atoms with Gasteiger partial charge in [0.2, 0.25) is 0 Å². The predicted octanol–water partition coefficient (Wildman–Crippen LogP) is 5.24. The number of rotatable bonds is 1. The second kappa shape index (κ2) is 8.58. The SMILES string of the molecule is CC(C)(C)Cn1nnc2c(Br)c(C#CC3CCN(C(=O)OC(C)(C)C)CC3)ccc21. The number of likely N-dealkylation sites (tertiary alicyclic amines) is 1. The maximum atomic E-state index is 12.2. The van der Waals surface area contributed by atoms with Crippen LogP contribution in [0.5, 0.6) is 0 Å². The summed E-state index contributed by atoms with van der Waals surface area (Å²) in [5, 5.41) is 8.68. The van der Waals surface area contributed by atoms with Gasteiger partial charge in [-0.25, -0.2) is 9.48 Å². The highest BCUT2D eigenvalue weighted by Crippen LogP contribution is 2.28. The van der Waals surface area contributed by atoms with Crippen molar-refractivity contribution in [1.29, 1.82) is 0 Å². The molecular formula is C23H31BrN4O2. The first-order valence-electron chi connectivity index (χ1n) is 10.4. The summed E-state index contributed by atoms with van der Waals surface area (Å²) in [5.41, 5.74) is 2.42. The number of benzene rings is 1. The van der Waals surface area contributed by atoms with E-state index in [1.54, 1.807) is 4.90 Å². The van der Waals surface area contributed by atoms with E-state index in [1.165, 1.54) is 0 Å². The number of hydrogen-bond acceptors (Lipinski definition) is 4. The van der Waals surface area contributed by atoms with E-state index in [2.05, 4.69) is 58.9 Å². The van der Waals surface area contributed by atoms with Gasteiger partial charge in [-0.1, -0.05) is 37.8 Å². The number of aromatic nitrogens is 3. The lowest BCUT2D eigenvalue weighted by Gasteiger charge is -2.31. The molecule has 6 nitrogen and oxygen atoms in total. The maximum Gasteiger partial charge on any atom is 0.410 e. The Labute approximate surface area is 187 Å². The highest BCUT2D eigenvalue weighted by molar-refractivity contribution is 9.10. The maximum absolute atomic E-state index is 12.2. The minimum Gasteiger partial charge on any atom is -0.444 e. The first kappa shape index (κ1) is 22.6. The highest BCUT2D eigenvalue weighted by Gasteiger charge is 2.26. The summed E-state index contributed by atoms with van der Waals surface area (Å²) in [7, 11) is 0. The van der Waals surface area contributed by atoms with Crippen molar-refractivity contribution in [3.05, 3.63) is 22.2 Å². The van der Waals surface area contributed by atoms with Crippen molar-refractivity contribution in [3.63, 3.8) is 0 Å². The lowest BCUT2D eigenvalue weighted by molar-refractivity contribution is 0.0199. The molecule has 0 saturated carbocycles. The summed E-state index contributed by atoms with van der Waals surface area (Å²) < 4.78 is 8.30. The number of carbonyl (C=O) groups is 1. The zero-order chi connectivity index (χ0) is 22.1. The number of fused-ring (bicyclic) bond motifs is 1. The van der Waals surface area contributed by atoms with Crippen molar-refractivity contribution in [3.8, 4) is 11.8 Å². The molecule has 1 fully saturated rings. The largest absolute Gasteiger partial charge is 0.444 e. The van der Waals surface area contributed by atoms with Gasteiger partial charge in [-0.2, -0.15) is 0 Å². The van der Waals surface area contributed by atoms with Crippen LogP contribution >= 0.6 is 15.9 Å². The Bertz CT molecular complexity index is 981. The van der Waals surface area contributed by atoms with Crippen molar-refractivity contribution in [2.75, 3.05) is 13.1 Å². The number of nitrogens with zero attached hydrogens (tertiary/aromatic N) is 4. The second-order valence-corrected chi connectivity index (χ2v) is 10.9. The minimum atomic E-state index is -0.465. The number of hydrogen-bond donors (Lipinski definition) is 0. The fourth-order valence-corrected chi connectivity index (χ4v) is 3.89. The van der Waals surface area contributed by atoms with Crippen molar-refractivity contribution >= 4 is 33.1 Å². The first-order valence-corrected chi connectivity index (χ1v) is 11.2. The summed E-state index contributed by atoms with van der Waals surface area (Å²) in [6.07, 6.45) is 1.47. The predicted molar refractivity (Wildman–Crippen MR) is 122 cm³/mol. The average Bonchev–Trinajstić information content (AvgIpc) is 3.02. The van der Waals surface area contributed by atoms with Crippen molar-refractivity contribution in [2.24, 2.45) is 11.3 Å². The molecule has 3 rings (SSSR count). The molecule has 162 valence electrons. The van der Waals surface area contributed by atoms with Gasteiger partial charge in [0.1, 0.15) is 11.1 Å². The Morgan fingerprint density at radius 2 is 1.87 bits per heavy atom. The molecule has 2 heterocycles. The van der Waals surface area contributed by atoms with Crippen LogP contribution in [0, 0.1) is 23.2 Å². The Morgan fingerprint density at radius 1 is 1.20 bits per heavy atom. The summed E-state index contributed by atoms with van der Waals surface area (Å²) >= 11 is 3.67. The fourth-order valence-electron chi connectivity index (χ4n) is 3.38. The molecule has 30 heavy (non-hydrogen) atoms. The zero-order valence-corrected chi connectivity index (χ0v) is 20.3. The molecule has 7 heteroatoms. The van der Waals surface area contributed by atoms with E-state index in [-0.39, 0.29) is 17.4 Å². The molecular weight excluding hydrogens is 444 g/mol. The zero-order valence-electron chi connectivity index (χ0n) is 18.8. The van der Waals surface area contributed by atoms with Crippen molar-refractivity contribution in [2.45, 2.75) is 66.5 Å². The minimum absolute atomic E-state index is 0.125. The third-order valence-corrected chi connectivity index (χ3v) is 5.61. The van der Waals surface area contributed by atoms with Crippen LogP contribution in [0.3, 0.4) is 0 Å². The van der Waals surface area contributed by atoms with Crippen LogP contribution in [0.2, 0.25) is 0 Å². The molecule has 2 aromatic rings. The quantitative estimate of drug-likeness (QED) is 0.530. The number of halogens is 1. The second-order valence-electron chi connectivity index (χ2n) is 10.1. The average molecular weight is 475 g/mol. The van der Waals surface area contributed by atoms with Crippen LogP contribution in [0.4, 0.5) is 4.79 Å². The highest BCUT2D eigenvalue weighted by atomic mass is 79.9. The standard InChI is InChI=1S/C23H31BrN4O2/c1-22(2,3)15-28-18-10-9-17(19(24)20(18)25-26-28)8-7-16-11-13-27(14-12-16)21(29)30-23(4,5)6/h9-10,16H,11-15H2,1-6H3. The Kier molecular flexibility index (Phi) is 6.47. The topological polar surface area (TPSA) is 60.2 Å². The summed E-state index contributed by atoms with van der Waals surface area (Å²) in [5.74, 6) is 6.95. The van der Waals surface area contributed by atoms with Crippen LogP contribution < -0.4 is 0 Å². The smallest absolute Gasteiger partial charge is 0.410 e. The van der Waals surface area contributed by atoms with E-state index < -0.39 is 5.60 Å². The molecule has 0 spiro atoms. The first-order chi connectivity index (χ1) is 13.9. The Morgan fingerprint density at radius 3 is 2.47 bits per heavy atom. The molecule has 0 bridgehead atoms. The molecule has 0 N–H and O–H groups in total. The molecule has 1 saturated heterocycles. The molecule has 0 unspecified atom stereocenters. The Balaban J connectivity index is 1.67. The van der Waals surface area contributed by atoms with Gasteiger partial charge in [0, 0.05) is 31.1 Å². The van der Waals surface area contributed by atoms with Crippen LogP contribution in [0.25, 0.3) is 11.0 Å². The van der Waals surface area contributed by atoms with Gasteiger partial charge in [0.05, 0.1) is 9.99 Å². The van der Waals surface area contributed by atoms with Gasteiger partial charge < -0.3 is 9.64 Å². The normalized spacial score (nSPS) is 15.8. The van der Waals surface area contributed by atoms with E-state index in [9.17, 15) is 4.79 Å². The lowest BCUT2D eigenvalue weighted by Crippen LogP contribution is -2.41. The number of ether oxygens (including phenoxy) is 1. The van der Waals surface area contributed by atoms with E-state index in [0.717, 1.165) is 40.5 Å². The van der Waals surface area contributed by atoms with Gasteiger partial charge >= 0.3 is 6.09 Å². The third-order valence-electron chi connectivity index (χ3n) is 4.81. The number of piperidine rings is 1. The van der Waals surface area contributed by atoms with Gasteiger partial charge in [-0.05, 0) is 67.1 Å². The fraction of sp³-hybridized carbons (Fsp3) is 0.609. The van der Waals surface area contributed by atoms with E-state index in [4.69, 9.17) is 4.74 Å². The van der Waals surface area contributed by atoms with E-state index >= 15 is 0 Å². The Hall–Kier alpha value is -2.07. The van der Waals surface area contributed by atoms with E-state index in [0.29, 0.717) is 13.1 Å². The van der Waals surface area contributed by atoms with Gasteiger partial charge in [0.25, 0.3) is 0 Å². The summed E-state index contributed by atoms with van der Waals surface area (Å²) in [6.45, 7) is 14.4. The van der Waals surface area contributed by atoms with Crippen LogP contribution in [0.1, 0.15) is 59.9 Å². The van der Waals surface area contributed by atoms with Gasteiger partial charge in [-0.15, -0.1) is 5.10 Å². The molecule has 1 aromatic carbocycles.